The Labute approximate surface area is 176 Å². The Morgan fingerprint density at radius 3 is 2.55 bits per heavy atom. The van der Waals surface area contributed by atoms with Crippen LogP contribution in [-0.4, -0.2) is 39.1 Å². The standard InChI is InChI=1S/C20H21F2N5O4/c1-26-20(13(9-23-26)27(28)29)19-11-6-4-5-10(7-12(11)24-25-19)16-17(21)14(30-2)8-15(31-3)18(16)22/h8-10H,4-7H2,1-3H3,(H,24,25). The van der Waals surface area contributed by atoms with Crippen LogP contribution in [0.15, 0.2) is 12.3 Å². The van der Waals surface area contributed by atoms with E-state index in [-0.39, 0.29) is 29.2 Å². The number of aryl methyl sites for hydroxylation is 1. The Balaban J connectivity index is 1.78. The van der Waals surface area contributed by atoms with Crippen molar-refractivity contribution in [2.75, 3.05) is 14.2 Å². The Bertz CT molecular complexity index is 1130. The second-order valence-electron chi connectivity index (χ2n) is 7.40. The number of nitro groups is 1. The molecule has 1 N–H and O–H groups in total. The van der Waals surface area contributed by atoms with Gasteiger partial charge < -0.3 is 9.47 Å². The summed E-state index contributed by atoms with van der Waals surface area (Å²) in [5.41, 5.74) is 1.98. The zero-order valence-corrected chi connectivity index (χ0v) is 17.2. The lowest BCUT2D eigenvalue weighted by Crippen LogP contribution is -2.10. The van der Waals surface area contributed by atoms with Gasteiger partial charge in [-0.05, 0) is 31.6 Å². The van der Waals surface area contributed by atoms with Gasteiger partial charge in [0.1, 0.15) is 11.9 Å². The zero-order chi connectivity index (χ0) is 22.3. The van der Waals surface area contributed by atoms with E-state index in [9.17, 15) is 10.1 Å². The highest BCUT2D eigenvalue weighted by Gasteiger charge is 2.32. The molecule has 2 heterocycles. The van der Waals surface area contributed by atoms with Crippen LogP contribution in [0.2, 0.25) is 0 Å². The Morgan fingerprint density at radius 1 is 1.26 bits per heavy atom. The molecule has 164 valence electrons. The second kappa shape index (κ2) is 7.97. The number of ether oxygens (including phenoxy) is 2. The van der Waals surface area contributed by atoms with E-state index in [1.165, 1.54) is 31.2 Å². The molecule has 2 aromatic heterocycles. The summed E-state index contributed by atoms with van der Waals surface area (Å²) in [6.45, 7) is 0. The number of hydrogen-bond donors (Lipinski definition) is 1. The number of benzene rings is 1. The number of nitrogens with one attached hydrogen (secondary N) is 1. The van der Waals surface area contributed by atoms with Gasteiger partial charge >= 0.3 is 5.69 Å². The summed E-state index contributed by atoms with van der Waals surface area (Å²) in [5, 5.41) is 22.6. The van der Waals surface area contributed by atoms with Crippen LogP contribution in [0.5, 0.6) is 11.5 Å². The van der Waals surface area contributed by atoms with Gasteiger partial charge in [-0.3, -0.25) is 19.9 Å². The molecule has 0 saturated carbocycles. The average Bonchev–Trinajstić information content (AvgIpc) is 3.24. The molecule has 3 aromatic rings. The van der Waals surface area contributed by atoms with E-state index in [1.54, 1.807) is 7.05 Å². The van der Waals surface area contributed by atoms with Crippen LogP contribution in [-0.2, 0) is 19.9 Å². The van der Waals surface area contributed by atoms with Crippen molar-refractivity contribution in [2.24, 2.45) is 7.05 Å². The predicted molar refractivity (Wildman–Crippen MR) is 106 cm³/mol. The number of fused-ring (bicyclic) bond motifs is 1. The van der Waals surface area contributed by atoms with Crippen LogP contribution in [0.1, 0.15) is 35.6 Å². The van der Waals surface area contributed by atoms with Gasteiger partial charge in [0, 0.05) is 29.9 Å². The highest BCUT2D eigenvalue weighted by atomic mass is 19.1. The molecule has 9 nitrogen and oxygen atoms in total. The molecule has 0 aliphatic heterocycles. The molecule has 1 aromatic carbocycles. The number of aromatic nitrogens is 4. The lowest BCUT2D eigenvalue weighted by molar-refractivity contribution is -0.384. The summed E-state index contributed by atoms with van der Waals surface area (Å²) in [6.07, 6.45) is 3.17. The van der Waals surface area contributed by atoms with E-state index in [4.69, 9.17) is 9.47 Å². The summed E-state index contributed by atoms with van der Waals surface area (Å²) >= 11 is 0. The van der Waals surface area contributed by atoms with E-state index >= 15 is 8.78 Å². The number of methoxy groups -OCH3 is 2. The van der Waals surface area contributed by atoms with Crippen LogP contribution in [0.3, 0.4) is 0 Å². The van der Waals surface area contributed by atoms with E-state index in [2.05, 4.69) is 15.3 Å². The second-order valence-corrected chi connectivity index (χ2v) is 7.40. The monoisotopic (exact) mass is 433 g/mol. The molecule has 11 heteroatoms. The van der Waals surface area contributed by atoms with E-state index in [0.29, 0.717) is 36.3 Å². The van der Waals surface area contributed by atoms with Crippen molar-refractivity contribution in [1.82, 2.24) is 20.0 Å². The molecule has 0 bridgehead atoms. The largest absolute Gasteiger partial charge is 0.494 e. The average molecular weight is 433 g/mol. The molecule has 0 saturated heterocycles. The minimum Gasteiger partial charge on any atom is -0.494 e. The maximum atomic E-state index is 15.0. The van der Waals surface area contributed by atoms with Crippen LogP contribution in [0.25, 0.3) is 11.4 Å². The van der Waals surface area contributed by atoms with E-state index in [1.807, 2.05) is 0 Å². The Kier molecular flexibility index (Phi) is 5.34. The van der Waals surface area contributed by atoms with Crippen LogP contribution in [0, 0.1) is 21.7 Å². The number of aromatic amines is 1. The molecule has 31 heavy (non-hydrogen) atoms. The van der Waals surface area contributed by atoms with Crippen molar-refractivity contribution >= 4 is 5.69 Å². The third-order valence-corrected chi connectivity index (χ3v) is 5.74. The zero-order valence-electron chi connectivity index (χ0n) is 17.2. The smallest absolute Gasteiger partial charge is 0.316 e. The van der Waals surface area contributed by atoms with Crippen LogP contribution in [0.4, 0.5) is 14.5 Å². The van der Waals surface area contributed by atoms with E-state index < -0.39 is 22.5 Å². The molecule has 4 rings (SSSR count). The van der Waals surface area contributed by atoms with Crippen molar-refractivity contribution in [2.45, 2.75) is 31.6 Å². The Hall–Kier alpha value is -3.50. The summed E-state index contributed by atoms with van der Waals surface area (Å²) in [6, 6.07) is 1.19. The minimum absolute atomic E-state index is 0.0893. The third kappa shape index (κ3) is 3.39. The van der Waals surface area contributed by atoms with Crippen LogP contribution < -0.4 is 9.47 Å². The first-order chi connectivity index (χ1) is 14.9. The van der Waals surface area contributed by atoms with Crippen molar-refractivity contribution in [3.8, 4) is 22.9 Å². The fourth-order valence-corrected chi connectivity index (χ4v) is 4.25. The summed E-state index contributed by atoms with van der Waals surface area (Å²) in [4.78, 5) is 10.9. The molecule has 0 radical (unpaired) electrons. The first kappa shape index (κ1) is 20.8. The number of hydrogen-bond acceptors (Lipinski definition) is 6. The molecule has 1 atom stereocenters. The summed E-state index contributed by atoms with van der Waals surface area (Å²) in [5.74, 6) is -2.17. The molecule has 0 fully saturated rings. The van der Waals surface area contributed by atoms with Gasteiger partial charge in [0.15, 0.2) is 28.8 Å². The number of rotatable bonds is 5. The molecular formula is C20H21F2N5O4. The summed E-state index contributed by atoms with van der Waals surface area (Å²) in [7, 11) is 4.23. The van der Waals surface area contributed by atoms with Crippen molar-refractivity contribution in [3.05, 3.63) is 50.8 Å². The highest BCUT2D eigenvalue weighted by Crippen LogP contribution is 2.42. The fraction of sp³-hybridized carbons (Fsp3) is 0.400. The first-order valence-electron chi connectivity index (χ1n) is 9.70. The molecule has 1 aliphatic rings. The van der Waals surface area contributed by atoms with Gasteiger partial charge in [0.2, 0.25) is 0 Å². The third-order valence-electron chi connectivity index (χ3n) is 5.74. The maximum absolute atomic E-state index is 15.0. The quantitative estimate of drug-likeness (QED) is 0.374. The lowest BCUT2D eigenvalue weighted by atomic mass is 9.90. The summed E-state index contributed by atoms with van der Waals surface area (Å²) < 4.78 is 41.6. The van der Waals surface area contributed by atoms with Gasteiger partial charge in [-0.15, -0.1) is 0 Å². The number of halogens is 2. The molecule has 0 spiro atoms. The normalized spacial score (nSPS) is 16.0. The number of H-pyrrole nitrogens is 1. The van der Waals surface area contributed by atoms with Gasteiger partial charge in [0.05, 0.1) is 19.1 Å². The van der Waals surface area contributed by atoms with Crippen molar-refractivity contribution in [1.29, 1.82) is 0 Å². The predicted octanol–water partition coefficient (Wildman–Crippen LogP) is 3.68. The molecule has 1 unspecified atom stereocenters. The van der Waals surface area contributed by atoms with Gasteiger partial charge in [-0.1, -0.05) is 0 Å². The SMILES string of the molecule is COc1cc(OC)c(F)c(C2CCCc3c(-c4c([N+](=O)[O-])cnn4C)n[nH]c3C2)c1F. The maximum Gasteiger partial charge on any atom is 0.316 e. The topological polar surface area (TPSA) is 108 Å². The number of nitrogens with zero attached hydrogens (tertiary/aromatic N) is 4. The molecule has 0 amide bonds. The van der Waals surface area contributed by atoms with Crippen molar-refractivity contribution < 1.29 is 23.2 Å². The lowest BCUT2D eigenvalue weighted by Gasteiger charge is -2.19. The molecule has 1 aliphatic carbocycles. The van der Waals surface area contributed by atoms with Gasteiger partial charge in [-0.2, -0.15) is 10.2 Å². The first-order valence-corrected chi connectivity index (χ1v) is 9.70. The van der Waals surface area contributed by atoms with E-state index in [0.717, 1.165) is 5.56 Å². The minimum atomic E-state index is -0.753. The Morgan fingerprint density at radius 2 is 1.94 bits per heavy atom. The van der Waals surface area contributed by atoms with Crippen molar-refractivity contribution in [3.63, 3.8) is 0 Å². The van der Waals surface area contributed by atoms with Gasteiger partial charge in [0.25, 0.3) is 0 Å². The van der Waals surface area contributed by atoms with Crippen LogP contribution >= 0.6 is 0 Å². The molecular weight excluding hydrogens is 412 g/mol. The highest BCUT2D eigenvalue weighted by molar-refractivity contribution is 5.70. The fourth-order valence-electron chi connectivity index (χ4n) is 4.25. The van der Waals surface area contributed by atoms with Gasteiger partial charge in [-0.25, -0.2) is 8.78 Å².